The lowest BCUT2D eigenvalue weighted by Crippen LogP contribution is -2.33. The molecule has 4 rings (SSSR count). The van der Waals surface area contributed by atoms with E-state index in [0.29, 0.717) is 11.6 Å². The van der Waals surface area contributed by atoms with Crippen molar-refractivity contribution in [2.75, 3.05) is 19.4 Å². The number of rotatable bonds is 3. The van der Waals surface area contributed by atoms with E-state index in [9.17, 15) is 4.79 Å². The molecule has 25 heavy (non-hydrogen) atoms. The molecule has 2 aromatic heterocycles. The lowest BCUT2D eigenvalue weighted by molar-refractivity contribution is 0.102. The molecule has 1 N–H and O–H groups in total. The number of aryl methyl sites for hydroxylation is 1. The lowest BCUT2D eigenvalue weighted by atomic mass is 9.91. The molecule has 0 spiro atoms. The van der Waals surface area contributed by atoms with Gasteiger partial charge in [0.25, 0.3) is 5.91 Å². The molecule has 0 radical (unpaired) electrons. The van der Waals surface area contributed by atoms with Crippen LogP contribution in [0.15, 0.2) is 41.1 Å². The molecular weight excluding hydrogens is 316 g/mol. The van der Waals surface area contributed by atoms with Crippen LogP contribution in [0.1, 0.15) is 28.1 Å². The largest absolute Gasteiger partial charge is 0.461 e. The van der Waals surface area contributed by atoms with Crippen molar-refractivity contribution in [2.24, 2.45) is 0 Å². The minimum atomic E-state index is -0.196. The third-order valence-electron chi connectivity index (χ3n) is 4.85. The maximum atomic E-state index is 12.3. The summed E-state index contributed by atoms with van der Waals surface area (Å²) < 4.78 is 6.01. The number of carbonyl (C=O) groups excluding carboxylic acids is 1. The molecule has 1 aliphatic rings. The van der Waals surface area contributed by atoms with Crippen molar-refractivity contribution in [1.29, 1.82) is 0 Å². The topological polar surface area (TPSA) is 71.3 Å². The van der Waals surface area contributed by atoms with Crippen molar-refractivity contribution >= 4 is 22.6 Å². The lowest BCUT2D eigenvalue weighted by Gasteiger charge is -2.27. The number of furan rings is 1. The van der Waals surface area contributed by atoms with Gasteiger partial charge in [0.15, 0.2) is 0 Å². The summed E-state index contributed by atoms with van der Waals surface area (Å²) in [5, 5.41) is 11.4. The Labute approximate surface area is 145 Å². The molecule has 0 fully saturated rings. The van der Waals surface area contributed by atoms with Crippen LogP contribution in [-0.4, -0.2) is 41.1 Å². The Morgan fingerprint density at radius 2 is 2.16 bits per heavy atom. The summed E-state index contributed by atoms with van der Waals surface area (Å²) in [5.41, 5.74) is 3.39. The van der Waals surface area contributed by atoms with Gasteiger partial charge in [0.05, 0.1) is 18.0 Å². The SMILES string of the molecule is CN(C)C1CCc2oc3ccc(NC(=O)c4ccnnc4)cc3c2C1. The summed E-state index contributed by atoms with van der Waals surface area (Å²) in [5.74, 6) is 0.882. The number of hydrogen-bond donors (Lipinski definition) is 1. The van der Waals surface area contributed by atoms with E-state index in [0.717, 1.165) is 41.7 Å². The van der Waals surface area contributed by atoms with Crippen molar-refractivity contribution in [2.45, 2.75) is 25.3 Å². The first-order chi connectivity index (χ1) is 12.1. The Hall–Kier alpha value is -2.73. The Morgan fingerprint density at radius 1 is 1.28 bits per heavy atom. The minimum Gasteiger partial charge on any atom is -0.461 e. The highest BCUT2D eigenvalue weighted by molar-refractivity contribution is 6.05. The molecule has 1 amide bonds. The van der Waals surface area contributed by atoms with Crippen LogP contribution in [0.25, 0.3) is 11.0 Å². The van der Waals surface area contributed by atoms with Crippen LogP contribution >= 0.6 is 0 Å². The number of anilines is 1. The Bertz CT molecular complexity index is 918. The van der Waals surface area contributed by atoms with Crippen molar-refractivity contribution in [3.8, 4) is 0 Å². The minimum absolute atomic E-state index is 0.196. The number of fused-ring (bicyclic) bond motifs is 3. The zero-order valence-corrected chi connectivity index (χ0v) is 14.3. The van der Waals surface area contributed by atoms with Gasteiger partial charge in [-0.15, -0.1) is 0 Å². The number of hydrogen-bond acceptors (Lipinski definition) is 5. The second-order valence-corrected chi connectivity index (χ2v) is 6.66. The Morgan fingerprint density at radius 3 is 2.92 bits per heavy atom. The van der Waals surface area contributed by atoms with Crippen LogP contribution in [0.2, 0.25) is 0 Å². The van der Waals surface area contributed by atoms with Crippen LogP contribution in [-0.2, 0) is 12.8 Å². The third-order valence-corrected chi connectivity index (χ3v) is 4.85. The fourth-order valence-corrected chi connectivity index (χ4v) is 3.41. The smallest absolute Gasteiger partial charge is 0.257 e. The summed E-state index contributed by atoms with van der Waals surface area (Å²) in [6.07, 6.45) is 6.00. The maximum absolute atomic E-state index is 12.3. The summed E-state index contributed by atoms with van der Waals surface area (Å²) in [4.78, 5) is 14.6. The number of aromatic nitrogens is 2. The molecule has 3 aromatic rings. The molecule has 128 valence electrons. The summed E-state index contributed by atoms with van der Waals surface area (Å²) >= 11 is 0. The molecular formula is C19H20N4O2. The van der Waals surface area contributed by atoms with Crippen molar-refractivity contribution < 1.29 is 9.21 Å². The van der Waals surface area contributed by atoms with E-state index >= 15 is 0 Å². The van der Waals surface area contributed by atoms with Crippen LogP contribution in [0, 0.1) is 0 Å². The molecule has 1 aromatic carbocycles. The quantitative estimate of drug-likeness (QED) is 0.796. The number of benzene rings is 1. The van der Waals surface area contributed by atoms with Crippen LogP contribution in [0.4, 0.5) is 5.69 Å². The van der Waals surface area contributed by atoms with Crippen molar-refractivity contribution in [3.63, 3.8) is 0 Å². The molecule has 0 aliphatic heterocycles. The number of nitrogens with one attached hydrogen (secondary N) is 1. The van der Waals surface area contributed by atoms with Crippen molar-refractivity contribution in [3.05, 3.63) is 53.5 Å². The van der Waals surface area contributed by atoms with E-state index in [1.807, 2.05) is 18.2 Å². The highest BCUT2D eigenvalue weighted by Crippen LogP contribution is 2.34. The van der Waals surface area contributed by atoms with Gasteiger partial charge in [-0.1, -0.05) is 0 Å². The van der Waals surface area contributed by atoms with Gasteiger partial charge in [-0.25, -0.2) is 0 Å². The molecule has 1 unspecified atom stereocenters. The predicted molar refractivity (Wildman–Crippen MR) is 95.7 cm³/mol. The van der Waals surface area contributed by atoms with Crippen LogP contribution < -0.4 is 5.32 Å². The zero-order chi connectivity index (χ0) is 17.4. The van der Waals surface area contributed by atoms with Gasteiger partial charge in [-0.05, 0) is 51.2 Å². The normalized spacial score (nSPS) is 16.8. The molecule has 0 saturated heterocycles. The van der Waals surface area contributed by atoms with Gasteiger partial charge in [-0.3, -0.25) is 4.79 Å². The van der Waals surface area contributed by atoms with Crippen molar-refractivity contribution in [1.82, 2.24) is 15.1 Å². The molecule has 1 atom stereocenters. The number of nitrogens with zero attached hydrogens (tertiary/aromatic N) is 3. The predicted octanol–water partition coefficient (Wildman–Crippen LogP) is 2.89. The van der Waals surface area contributed by atoms with Gasteiger partial charge in [-0.2, -0.15) is 10.2 Å². The first kappa shape index (κ1) is 15.8. The highest BCUT2D eigenvalue weighted by atomic mass is 16.3. The first-order valence-corrected chi connectivity index (χ1v) is 8.40. The van der Waals surface area contributed by atoms with E-state index < -0.39 is 0 Å². The van der Waals surface area contributed by atoms with E-state index in [4.69, 9.17) is 4.42 Å². The number of likely N-dealkylation sites (N-methyl/N-ethyl adjacent to an activating group) is 1. The van der Waals surface area contributed by atoms with E-state index in [-0.39, 0.29) is 5.91 Å². The second kappa shape index (κ2) is 6.29. The fourth-order valence-electron chi connectivity index (χ4n) is 3.41. The van der Waals surface area contributed by atoms with E-state index in [1.54, 1.807) is 6.07 Å². The highest BCUT2D eigenvalue weighted by Gasteiger charge is 2.25. The average molecular weight is 336 g/mol. The number of amides is 1. The standard InChI is InChI=1S/C19H20N4O2/c1-23(2)14-4-6-18-16(10-14)15-9-13(3-5-17(15)25-18)22-19(24)12-7-8-20-21-11-12/h3,5,7-9,11,14H,4,6,10H2,1-2H3,(H,22,24). The second-order valence-electron chi connectivity index (χ2n) is 6.66. The fraction of sp³-hybridized carbons (Fsp3) is 0.316. The van der Waals surface area contributed by atoms with Crippen LogP contribution in [0.5, 0.6) is 0 Å². The average Bonchev–Trinajstić information content (AvgIpc) is 2.99. The molecule has 6 nitrogen and oxygen atoms in total. The van der Waals surface area contributed by atoms with E-state index in [2.05, 4.69) is 34.5 Å². The Balaban J connectivity index is 1.64. The molecule has 2 heterocycles. The molecule has 6 heteroatoms. The maximum Gasteiger partial charge on any atom is 0.257 e. The van der Waals surface area contributed by atoms with E-state index in [1.165, 1.54) is 18.0 Å². The monoisotopic (exact) mass is 336 g/mol. The molecule has 0 saturated carbocycles. The van der Waals surface area contributed by atoms with Gasteiger partial charge in [0.2, 0.25) is 0 Å². The van der Waals surface area contributed by atoms with Gasteiger partial charge < -0.3 is 14.6 Å². The summed E-state index contributed by atoms with van der Waals surface area (Å²) in [6, 6.07) is 7.96. The third kappa shape index (κ3) is 3.00. The van der Waals surface area contributed by atoms with Gasteiger partial charge >= 0.3 is 0 Å². The zero-order valence-electron chi connectivity index (χ0n) is 14.3. The summed E-state index contributed by atoms with van der Waals surface area (Å²) in [6.45, 7) is 0. The van der Waals surface area contributed by atoms with Crippen LogP contribution in [0.3, 0.4) is 0 Å². The first-order valence-electron chi connectivity index (χ1n) is 8.40. The number of carbonyl (C=O) groups is 1. The Kier molecular flexibility index (Phi) is 3.97. The summed E-state index contributed by atoms with van der Waals surface area (Å²) in [7, 11) is 4.23. The van der Waals surface area contributed by atoms with Gasteiger partial charge in [0.1, 0.15) is 11.3 Å². The molecule has 0 bridgehead atoms. The van der Waals surface area contributed by atoms with Gasteiger partial charge in [0, 0.05) is 29.1 Å². The molecule has 1 aliphatic carbocycles.